The van der Waals surface area contributed by atoms with Crippen molar-refractivity contribution < 1.29 is 24.1 Å². The van der Waals surface area contributed by atoms with Gasteiger partial charge in [0.2, 0.25) is 0 Å². The van der Waals surface area contributed by atoms with E-state index in [1.54, 1.807) is 0 Å². The molecule has 0 radical (unpaired) electrons. The highest BCUT2D eigenvalue weighted by Crippen LogP contribution is 2.38. The number of nitrogens with zero attached hydrogens (tertiary/aromatic N) is 1. The van der Waals surface area contributed by atoms with Crippen LogP contribution in [0.1, 0.15) is 126 Å². The number of aliphatic hydroxyl groups is 1. The van der Waals surface area contributed by atoms with Crippen LogP contribution in [0.2, 0.25) is 0 Å². The Bertz CT molecular complexity index is 1620. The van der Waals surface area contributed by atoms with Gasteiger partial charge in [-0.25, -0.2) is 4.79 Å². The molecule has 1 aliphatic heterocycles. The molecule has 0 spiro atoms. The average molecular weight is 750 g/mol. The quantitative estimate of drug-likeness (QED) is 0.0654. The molecule has 55 heavy (non-hydrogen) atoms. The number of para-hydroxylation sites is 1. The van der Waals surface area contributed by atoms with Gasteiger partial charge in [-0.2, -0.15) is 0 Å². The number of hydrogen-bond donors (Lipinski definition) is 3. The lowest BCUT2D eigenvalue weighted by atomic mass is 9.99. The highest BCUT2D eigenvalue weighted by Gasteiger charge is 2.33. The van der Waals surface area contributed by atoms with E-state index >= 15 is 0 Å². The molecular formula is C47H63N3O5. The number of carbonyl (C=O) groups is 1. The zero-order chi connectivity index (χ0) is 38.5. The molecule has 5 rings (SSSR count). The molecule has 1 fully saturated rings. The maximum Gasteiger partial charge on any atom is 0.323 e. The van der Waals surface area contributed by atoms with Gasteiger partial charge in [0.15, 0.2) is 6.29 Å². The predicted octanol–water partition coefficient (Wildman–Crippen LogP) is 12.2. The molecule has 3 N–H and O–H groups in total. The van der Waals surface area contributed by atoms with Crippen LogP contribution >= 0.6 is 0 Å². The van der Waals surface area contributed by atoms with Crippen LogP contribution in [0.15, 0.2) is 103 Å². The van der Waals surface area contributed by atoms with Crippen LogP contribution in [0.5, 0.6) is 11.5 Å². The van der Waals surface area contributed by atoms with Crippen LogP contribution in [0.4, 0.5) is 16.2 Å². The summed E-state index contributed by atoms with van der Waals surface area (Å²) < 4.78 is 19.3. The fraction of sp³-hybridized carbons (Fsp3) is 0.468. The first-order valence-corrected chi connectivity index (χ1v) is 20.8. The number of rotatable bonds is 23. The summed E-state index contributed by atoms with van der Waals surface area (Å²) in [6, 6.07) is 32.3. The number of hydrogen-bond acceptors (Lipinski definition) is 6. The fourth-order valence-electron chi connectivity index (χ4n) is 7.09. The molecule has 8 heteroatoms. The first kappa shape index (κ1) is 41.9. The number of benzene rings is 4. The summed E-state index contributed by atoms with van der Waals surface area (Å²) >= 11 is 0. The third-order valence-electron chi connectivity index (χ3n) is 10.3. The number of carbonyl (C=O) groups excluding carboxylic acids is 1. The molecule has 2 amide bonds. The smallest absolute Gasteiger partial charge is 0.323 e. The normalized spacial score (nSPS) is 16.9. The van der Waals surface area contributed by atoms with E-state index in [0.717, 1.165) is 48.5 Å². The van der Waals surface area contributed by atoms with Gasteiger partial charge < -0.3 is 34.9 Å². The molecule has 0 bridgehead atoms. The van der Waals surface area contributed by atoms with Crippen molar-refractivity contribution >= 4 is 17.4 Å². The van der Waals surface area contributed by atoms with E-state index in [1.165, 1.54) is 77.0 Å². The summed E-state index contributed by atoms with van der Waals surface area (Å²) in [5.41, 5.74) is 4.19. The molecule has 1 heterocycles. The van der Waals surface area contributed by atoms with Gasteiger partial charge in [-0.15, -0.1) is 0 Å². The maximum atomic E-state index is 12.9. The number of anilines is 2. The van der Waals surface area contributed by atoms with Crippen LogP contribution < -0.4 is 15.4 Å². The van der Waals surface area contributed by atoms with Crippen molar-refractivity contribution in [2.75, 3.05) is 30.3 Å². The Hall–Kier alpha value is -4.21. The lowest BCUT2D eigenvalue weighted by Crippen LogP contribution is -2.40. The van der Waals surface area contributed by atoms with Gasteiger partial charge in [0, 0.05) is 29.9 Å². The Morgan fingerprint density at radius 1 is 0.655 bits per heavy atom. The largest absolute Gasteiger partial charge is 0.457 e. The monoisotopic (exact) mass is 749 g/mol. The first-order valence-electron chi connectivity index (χ1n) is 20.8. The van der Waals surface area contributed by atoms with Crippen molar-refractivity contribution in [3.05, 3.63) is 120 Å². The highest BCUT2D eigenvalue weighted by atomic mass is 16.7. The van der Waals surface area contributed by atoms with Gasteiger partial charge in [-0.05, 0) is 85.6 Å². The molecule has 1 saturated heterocycles. The minimum atomic E-state index is -0.550. The number of nitrogens with one attached hydrogen (secondary N) is 2. The average Bonchev–Trinajstić information content (AvgIpc) is 3.21. The van der Waals surface area contributed by atoms with Gasteiger partial charge in [0.1, 0.15) is 11.5 Å². The van der Waals surface area contributed by atoms with Crippen LogP contribution in [-0.4, -0.2) is 41.8 Å². The zero-order valence-corrected chi connectivity index (χ0v) is 33.1. The number of unbranched alkanes of at least 4 members (excludes halogenated alkanes) is 10. The molecule has 296 valence electrons. The summed E-state index contributed by atoms with van der Waals surface area (Å²) in [7, 11) is 0. The number of aliphatic hydroxyl groups excluding tert-OH is 1. The van der Waals surface area contributed by atoms with E-state index < -0.39 is 6.29 Å². The molecule has 0 aliphatic carbocycles. The van der Waals surface area contributed by atoms with Crippen molar-refractivity contribution in [3.63, 3.8) is 0 Å². The molecule has 0 saturated carbocycles. The van der Waals surface area contributed by atoms with Gasteiger partial charge >= 0.3 is 6.03 Å². The van der Waals surface area contributed by atoms with Crippen molar-refractivity contribution in [3.8, 4) is 11.5 Å². The second-order valence-electron chi connectivity index (χ2n) is 14.8. The molecule has 0 unspecified atom stereocenters. The summed E-state index contributed by atoms with van der Waals surface area (Å²) in [6.45, 7) is 7.61. The molecule has 3 atom stereocenters. The number of urea groups is 1. The third-order valence-corrected chi connectivity index (χ3v) is 10.3. The molecular weight excluding hydrogens is 687 g/mol. The lowest BCUT2D eigenvalue weighted by molar-refractivity contribution is -0.253. The fourth-order valence-corrected chi connectivity index (χ4v) is 7.09. The third kappa shape index (κ3) is 14.8. The van der Waals surface area contributed by atoms with Crippen LogP contribution in [-0.2, 0) is 16.1 Å². The predicted molar refractivity (Wildman–Crippen MR) is 224 cm³/mol. The zero-order valence-electron chi connectivity index (χ0n) is 33.1. The Labute approximate surface area is 329 Å². The van der Waals surface area contributed by atoms with E-state index in [4.69, 9.17) is 14.2 Å². The van der Waals surface area contributed by atoms with Crippen LogP contribution in [0, 0.1) is 0 Å². The Balaban J connectivity index is 1.21. The minimum Gasteiger partial charge on any atom is -0.457 e. The van der Waals surface area contributed by atoms with Crippen LogP contribution in [0.25, 0.3) is 0 Å². The van der Waals surface area contributed by atoms with E-state index in [1.807, 2.05) is 91.0 Å². The molecule has 1 aliphatic rings. The SMILES string of the molecule is CCCCCCCCN(CCCCCCCC)C[C@@H]1C[C@H](c2ccc(CO)cc2)O[C@H](c2ccc(NC(=O)Nc3ccc(Oc4ccccc4)cc3)cc2)O1. The van der Waals surface area contributed by atoms with E-state index in [-0.39, 0.29) is 24.8 Å². The van der Waals surface area contributed by atoms with Crippen molar-refractivity contribution in [1.82, 2.24) is 4.90 Å². The molecule has 4 aromatic rings. The first-order chi connectivity index (χ1) is 27.0. The summed E-state index contributed by atoms with van der Waals surface area (Å²) in [6.07, 6.45) is 15.5. The minimum absolute atomic E-state index is 0.00508. The van der Waals surface area contributed by atoms with E-state index in [9.17, 15) is 9.90 Å². The van der Waals surface area contributed by atoms with Crippen molar-refractivity contribution in [2.24, 2.45) is 0 Å². The lowest BCUT2D eigenvalue weighted by Gasteiger charge is -2.38. The molecule has 8 nitrogen and oxygen atoms in total. The Morgan fingerprint density at radius 3 is 1.76 bits per heavy atom. The van der Waals surface area contributed by atoms with E-state index in [0.29, 0.717) is 17.1 Å². The van der Waals surface area contributed by atoms with Crippen molar-refractivity contribution in [1.29, 1.82) is 0 Å². The Morgan fingerprint density at radius 2 is 1.18 bits per heavy atom. The van der Waals surface area contributed by atoms with E-state index in [2.05, 4.69) is 41.5 Å². The second-order valence-corrected chi connectivity index (χ2v) is 14.8. The van der Waals surface area contributed by atoms with Crippen molar-refractivity contribution in [2.45, 2.75) is 122 Å². The summed E-state index contributed by atoms with van der Waals surface area (Å²) in [5.74, 6) is 1.44. The Kier molecular flexibility index (Phi) is 18.0. The van der Waals surface area contributed by atoms with Gasteiger partial charge in [-0.3, -0.25) is 0 Å². The van der Waals surface area contributed by atoms with Gasteiger partial charge in [-0.1, -0.05) is 133 Å². The topological polar surface area (TPSA) is 92.3 Å². The highest BCUT2D eigenvalue weighted by molar-refractivity contribution is 5.99. The summed E-state index contributed by atoms with van der Waals surface area (Å²) in [4.78, 5) is 15.5. The number of ether oxygens (including phenoxy) is 3. The molecule has 0 aromatic heterocycles. The van der Waals surface area contributed by atoms with Gasteiger partial charge in [0.05, 0.1) is 18.8 Å². The van der Waals surface area contributed by atoms with Crippen LogP contribution in [0.3, 0.4) is 0 Å². The molecule has 4 aromatic carbocycles. The maximum absolute atomic E-state index is 12.9. The summed E-state index contributed by atoms with van der Waals surface area (Å²) in [5, 5.41) is 15.5. The number of amides is 2. The second kappa shape index (κ2) is 23.7. The van der Waals surface area contributed by atoms with Gasteiger partial charge in [0.25, 0.3) is 0 Å². The standard InChI is InChI=1S/C47H63N3O5/c1-3-5-7-9-11-16-32-50(33-17-12-10-8-6-4-2)35-44-34-45(38-22-20-37(36-51)21-23-38)55-46(54-44)39-24-26-40(27-25-39)48-47(52)49-41-28-30-43(31-29-41)53-42-18-14-13-15-19-42/h13-15,18-31,44-46,51H,3-12,16-17,32-36H2,1-2H3,(H2,48,49,52)/t44-,45+,46+/m0/s1.